The average Bonchev–Trinajstić information content (AvgIpc) is 3.17. The summed E-state index contributed by atoms with van der Waals surface area (Å²) in [5.74, 6) is -2.00. The first-order valence-corrected chi connectivity index (χ1v) is 12.9. The number of hydrogen-bond acceptors (Lipinski definition) is 8. The highest BCUT2D eigenvalue weighted by Gasteiger charge is 2.40. The molecule has 3 aromatic rings. The Morgan fingerprint density at radius 3 is 2.56 bits per heavy atom. The second-order valence-corrected chi connectivity index (χ2v) is 9.38. The predicted octanol–water partition coefficient (Wildman–Crippen LogP) is 6.50. The number of hydrogen-bond donors (Lipinski definition) is 3. The highest BCUT2D eigenvalue weighted by atomic mass is 35.5. The number of halogens is 7. The number of aromatic nitrogens is 2. The maximum Gasteiger partial charge on any atom is 0.490 e. The van der Waals surface area contributed by atoms with Gasteiger partial charge in [0.25, 0.3) is 0 Å². The van der Waals surface area contributed by atoms with Crippen molar-refractivity contribution >= 4 is 46.9 Å². The minimum Gasteiger partial charge on any atom is -0.459 e. The van der Waals surface area contributed by atoms with Crippen molar-refractivity contribution in [1.82, 2.24) is 15.3 Å². The van der Waals surface area contributed by atoms with Crippen LogP contribution in [0.15, 0.2) is 54.4 Å². The van der Waals surface area contributed by atoms with Crippen LogP contribution in [-0.2, 0) is 20.5 Å². The molecule has 16 heteroatoms. The third-order valence-electron chi connectivity index (χ3n) is 5.84. The van der Waals surface area contributed by atoms with E-state index in [4.69, 9.17) is 16.3 Å². The number of anilines is 3. The van der Waals surface area contributed by atoms with Gasteiger partial charge in [0, 0.05) is 24.4 Å². The summed E-state index contributed by atoms with van der Waals surface area (Å²) in [6, 6.07) is 8.86. The van der Waals surface area contributed by atoms with Crippen LogP contribution in [0, 0.1) is 0 Å². The van der Waals surface area contributed by atoms with Gasteiger partial charge in [-0.05, 0) is 55.3 Å². The number of nitrogens with zero attached hydrogens (tertiary/aromatic N) is 2. The molecule has 0 atom stereocenters. The Hall–Kier alpha value is -4.53. The molecule has 4 rings (SSSR count). The zero-order valence-corrected chi connectivity index (χ0v) is 22.7. The van der Waals surface area contributed by atoms with Gasteiger partial charge >= 0.3 is 18.3 Å². The monoisotopic (exact) mass is 629 g/mol. The Kier molecular flexibility index (Phi) is 9.63. The summed E-state index contributed by atoms with van der Waals surface area (Å²) in [4.78, 5) is 31.9. The molecule has 228 valence electrons. The lowest BCUT2D eigenvalue weighted by molar-refractivity contribution is -0.199. The van der Waals surface area contributed by atoms with Crippen LogP contribution < -0.4 is 20.7 Å². The zero-order chi connectivity index (χ0) is 31.2. The number of esters is 1. The average molecular weight is 630 g/mol. The maximum atomic E-state index is 13.0. The van der Waals surface area contributed by atoms with Gasteiger partial charge in [-0.25, -0.2) is 14.8 Å². The Morgan fingerprint density at radius 2 is 1.84 bits per heavy atom. The fourth-order valence-corrected chi connectivity index (χ4v) is 4.03. The summed E-state index contributed by atoms with van der Waals surface area (Å²) in [5, 5.41) is 8.82. The standard InChI is InChI=1S/C27H22ClF6N5O4/c28-20-13-17(5-6-21(20)43-18-4-1-3-16(12-18)26(29,30)31)39-23-19-11-15(7-9-35-22(19)37-14-38-23)24(40)36-8-2-10-42-25(41)27(32,33)34/h1,3-6,11-14H,2,7-10H2,(H,36,40)(H2,35,37,38,39). The molecule has 1 aromatic heterocycles. The van der Waals surface area contributed by atoms with Gasteiger partial charge in [0.05, 0.1) is 22.8 Å². The molecule has 43 heavy (non-hydrogen) atoms. The molecule has 0 bridgehead atoms. The van der Waals surface area contributed by atoms with E-state index in [1.165, 1.54) is 30.6 Å². The third kappa shape index (κ3) is 8.50. The number of fused-ring (bicyclic) bond motifs is 1. The molecule has 1 amide bonds. The molecule has 3 N–H and O–H groups in total. The summed E-state index contributed by atoms with van der Waals surface area (Å²) < 4.78 is 85.3. The van der Waals surface area contributed by atoms with Crippen LogP contribution in [0.2, 0.25) is 5.02 Å². The highest BCUT2D eigenvalue weighted by molar-refractivity contribution is 6.32. The number of ether oxygens (including phenoxy) is 2. The molecule has 0 radical (unpaired) electrons. The summed E-state index contributed by atoms with van der Waals surface area (Å²) in [7, 11) is 0. The minimum atomic E-state index is -5.09. The molecular weight excluding hydrogens is 608 g/mol. The lowest BCUT2D eigenvalue weighted by Gasteiger charge is -2.14. The molecule has 1 aliphatic heterocycles. The zero-order valence-electron chi connectivity index (χ0n) is 21.9. The van der Waals surface area contributed by atoms with Gasteiger partial charge < -0.3 is 25.4 Å². The van der Waals surface area contributed by atoms with Gasteiger partial charge in [0.1, 0.15) is 29.5 Å². The Bertz CT molecular complexity index is 1530. The fourth-order valence-electron chi connectivity index (χ4n) is 3.81. The normalized spacial score (nSPS) is 13.1. The number of rotatable bonds is 9. The number of carbonyl (C=O) groups excluding carboxylic acids is 2. The van der Waals surface area contributed by atoms with E-state index < -0.39 is 36.4 Å². The number of benzene rings is 2. The van der Waals surface area contributed by atoms with Crippen molar-refractivity contribution in [2.75, 3.05) is 30.3 Å². The van der Waals surface area contributed by atoms with E-state index in [2.05, 4.69) is 30.7 Å². The van der Waals surface area contributed by atoms with Gasteiger partial charge in [-0.15, -0.1) is 0 Å². The van der Waals surface area contributed by atoms with Crippen molar-refractivity contribution in [2.24, 2.45) is 0 Å². The van der Waals surface area contributed by atoms with Crippen molar-refractivity contribution in [3.05, 3.63) is 70.5 Å². The van der Waals surface area contributed by atoms with Crippen molar-refractivity contribution in [3.63, 3.8) is 0 Å². The SMILES string of the molecule is O=C(NCCCOC(=O)C(F)(F)F)C1=Cc2c(ncnc2Nc2ccc(Oc3cccc(C(F)(F)F)c3)c(Cl)c2)NCC1. The largest absolute Gasteiger partial charge is 0.490 e. The Balaban J connectivity index is 1.43. The van der Waals surface area contributed by atoms with Crippen molar-refractivity contribution in [1.29, 1.82) is 0 Å². The predicted molar refractivity (Wildman–Crippen MR) is 144 cm³/mol. The number of amides is 1. The summed E-state index contributed by atoms with van der Waals surface area (Å²) in [6.07, 6.45) is -6.51. The lowest BCUT2D eigenvalue weighted by Crippen LogP contribution is -2.29. The highest BCUT2D eigenvalue weighted by Crippen LogP contribution is 2.36. The molecule has 1 aliphatic rings. The van der Waals surface area contributed by atoms with E-state index in [9.17, 15) is 35.9 Å². The molecule has 0 unspecified atom stereocenters. The van der Waals surface area contributed by atoms with Crippen molar-refractivity contribution < 1.29 is 45.4 Å². The number of carbonyl (C=O) groups is 2. The van der Waals surface area contributed by atoms with Gasteiger partial charge in [-0.1, -0.05) is 17.7 Å². The second kappa shape index (κ2) is 13.2. The first kappa shape index (κ1) is 31.4. The van der Waals surface area contributed by atoms with E-state index in [0.29, 0.717) is 35.0 Å². The molecule has 0 fully saturated rings. The van der Waals surface area contributed by atoms with Crippen LogP contribution in [0.4, 0.5) is 43.7 Å². The van der Waals surface area contributed by atoms with Gasteiger partial charge in [-0.3, -0.25) is 4.79 Å². The van der Waals surface area contributed by atoms with Crippen LogP contribution in [0.3, 0.4) is 0 Å². The fraction of sp³-hybridized carbons (Fsp3) is 0.259. The third-order valence-corrected chi connectivity index (χ3v) is 6.13. The first-order valence-electron chi connectivity index (χ1n) is 12.5. The molecular formula is C27H22ClF6N5O4. The van der Waals surface area contributed by atoms with Gasteiger partial charge in [0.2, 0.25) is 5.91 Å². The lowest BCUT2D eigenvalue weighted by atomic mass is 10.1. The van der Waals surface area contributed by atoms with Crippen molar-refractivity contribution in [2.45, 2.75) is 25.2 Å². The molecule has 0 saturated carbocycles. The summed E-state index contributed by atoms with van der Waals surface area (Å²) in [5.41, 5.74) is 0.341. The molecule has 2 aromatic carbocycles. The molecule has 0 saturated heterocycles. The summed E-state index contributed by atoms with van der Waals surface area (Å²) >= 11 is 6.34. The molecule has 9 nitrogen and oxygen atoms in total. The molecule has 2 heterocycles. The van der Waals surface area contributed by atoms with E-state index in [-0.39, 0.29) is 35.9 Å². The topological polar surface area (TPSA) is 114 Å². The smallest absolute Gasteiger partial charge is 0.459 e. The second-order valence-electron chi connectivity index (χ2n) is 8.97. The number of nitrogens with one attached hydrogen (secondary N) is 3. The molecule has 0 spiro atoms. The van der Waals surface area contributed by atoms with Gasteiger partial charge in [0.15, 0.2) is 0 Å². The van der Waals surface area contributed by atoms with E-state index >= 15 is 0 Å². The minimum absolute atomic E-state index is 0.0279. The van der Waals surface area contributed by atoms with Crippen LogP contribution in [0.1, 0.15) is 24.0 Å². The Labute approximate surface area is 245 Å². The van der Waals surface area contributed by atoms with Crippen molar-refractivity contribution in [3.8, 4) is 11.5 Å². The van der Waals surface area contributed by atoms with Crippen LogP contribution >= 0.6 is 11.6 Å². The van der Waals surface area contributed by atoms with E-state index in [1.54, 1.807) is 12.1 Å². The van der Waals surface area contributed by atoms with Crippen LogP contribution in [0.25, 0.3) is 6.08 Å². The van der Waals surface area contributed by atoms with E-state index in [1.807, 2.05) is 0 Å². The maximum absolute atomic E-state index is 13.0. The first-order chi connectivity index (χ1) is 20.3. The quantitative estimate of drug-likeness (QED) is 0.140. The van der Waals surface area contributed by atoms with Crippen LogP contribution in [-0.4, -0.2) is 47.7 Å². The molecule has 0 aliphatic carbocycles. The Morgan fingerprint density at radius 1 is 1.05 bits per heavy atom. The number of alkyl halides is 6. The van der Waals surface area contributed by atoms with Crippen LogP contribution in [0.5, 0.6) is 11.5 Å². The summed E-state index contributed by atoms with van der Waals surface area (Å²) in [6.45, 7) is -0.207. The van der Waals surface area contributed by atoms with Gasteiger partial charge in [-0.2, -0.15) is 26.3 Å². The van der Waals surface area contributed by atoms with E-state index in [0.717, 1.165) is 12.1 Å².